The van der Waals surface area contributed by atoms with Crippen LogP contribution in [0.4, 0.5) is 0 Å². The van der Waals surface area contributed by atoms with Crippen molar-refractivity contribution in [2.75, 3.05) is 6.54 Å². The Morgan fingerprint density at radius 3 is 2.75 bits per heavy atom. The van der Waals surface area contributed by atoms with Crippen LogP contribution in [0.5, 0.6) is 0 Å². The highest BCUT2D eigenvalue weighted by Gasteiger charge is 2.44. The molecule has 0 atom stereocenters. The van der Waals surface area contributed by atoms with Gasteiger partial charge in [-0.3, -0.25) is 0 Å². The zero-order chi connectivity index (χ0) is 11.6. The number of rotatable bonds is 6. The van der Waals surface area contributed by atoms with E-state index in [9.17, 15) is 0 Å². The highest BCUT2D eigenvalue weighted by molar-refractivity contribution is 7.11. The van der Waals surface area contributed by atoms with Crippen molar-refractivity contribution in [1.29, 1.82) is 0 Å². The fourth-order valence-corrected chi connectivity index (χ4v) is 2.98. The maximum atomic E-state index is 4.38. The molecule has 3 heteroatoms. The van der Waals surface area contributed by atoms with E-state index in [4.69, 9.17) is 0 Å². The maximum absolute atomic E-state index is 4.38. The quantitative estimate of drug-likeness (QED) is 0.823. The molecular formula is C13H22N2S. The molecular weight excluding hydrogens is 216 g/mol. The largest absolute Gasteiger partial charge is 0.311 e. The van der Waals surface area contributed by atoms with E-state index in [1.165, 1.54) is 29.3 Å². The molecule has 1 aromatic rings. The van der Waals surface area contributed by atoms with Crippen LogP contribution in [-0.2, 0) is 13.0 Å². The first-order valence-electron chi connectivity index (χ1n) is 6.30. The lowest BCUT2D eigenvalue weighted by Crippen LogP contribution is -2.26. The van der Waals surface area contributed by atoms with Gasteiger partial charge in [0.2, 0.25) is 0 Å². The van der Waals surface area contributed by atoms with Gasteiger partial charge in [-0.25, -0.2) is 4.98 Å². The zero-order valence-corrected chi connectivity index (χ0v) is 11.4. The molecule has 0 radical (unpaired) electrons. The van der Waals surface area contributed by atoms with Gasteiger partial charge in [-0.05, 0) is 30.6 Å². The fraction of sp³-hybridized carbons (Fsp3) is 0.769. The number of thiazole rings is 1. The summed E-state index contributed by atoms with van der Waals surface area (Å²) in [6.45, 7) is 9.01. The van der Waals surface area contributed by atoms with Crippen molar-refractivity contribution in [1.82, 2.24) is 10.3 Å². The number of nitrogens with one attached hydrogen (secondary N) is 1. The summed E-state index contributed by atoms with van der Waals surface area (Å²) in [6, 6.07) is 0. The first-order valence-corrected chi connectivity index (χ1v) is 7.12. The summed E-state index contributed by atoms with van der Waals surface area (Å²) in [5, 5.41) is 4.85. The molecule has 0 spiro atoms. The normalized spacial score (nSPS) is 18.0. The number of nitrogens with zero attached hydrogens (tertiary/aromatic N) is 1. The van der Waals surface area contributed by atoms with Gasteiger partial charge in [0, 0.05) is 24.2 Å². The van der Waals surface area contributed by atoms with E-state index in [1.54, 1.807) is 0 Å². The summed E-state index contributed by atoms with van der Waals surface area (Å²) in [6.07, 6.45) is 5.88. The van der Waals surface area contributed by atoms with Crippen LogP contribution in [0.1, 0.15) is 43.5 Å². The van der Waals surface area contributed by atoms with Crippen LogP contribution in [0.15, 0.2) is 6.20 Å². The lowest BCUT2D eigenvalue weighted by Gasteiger charge is -2.19. The molecule has 1 saturated carbocycles. The molecule has 1 heterocycles. The number of aryl methyl sites for hydroxylation is 1. The molecule has 0 bridgehead atoms. The van der Waals surface area contributed by atoms with Crippen molar-refractivity contribution >= 4 is 11.3 Å². The Balaban J connectivity index is 1.76. The smallest absolute Gasteiger partial charge is 0.0925 e. The Morgan fingerprint density at radius 2 is 2.25 bits per heavy atom. The monoisotopic (exact) mass is 238 g/mol. The second-order valence-electron chi connectivity index (χ2n) is 5.19. The Hall–Kier alpha value is -0.410. The van der Waals surface area contributed by atoms with Crippen LogP contribution in [0.3, 0.4) is 0 Å². The molecule has 90 valence electrons. The molecule has 1 aromatic heterocycles. The van der Waals surface area contributed by atoms with Crippen molar-refractivity contribution in [2.24, 2.45) is 11.3 Å². The minimum atomic E-state index is 0.609. The van der Waals surface area contributed by atoms with Crippen molar-refractivity contribution in [3.8, 4) is 0 Å². The fourth-order valence-electron chi connectivity index (χ4n) is 2.15. The van der Waals surface area contributed by atoms with E-state index in [0.717, 1.165) is 18.9 Å². The van der Waals surface area contributed by atoms with Gasteiger partial charge in [-0.1, -0.05) is 20.8 Å². The van der Waals surface area contributed by atoms with Crippen LogP contribution >= 0.6 is 11.3 Å². The predicted molar refractivity (Wildman–Crippen MR) is 69.7 cm³/mol. The van der Waals surface area contributed by atoms with E-state index in [0.29, 0.717) is 5.41 Å². The van der Waals surface area contributed by atoms with Gasteiger partial charge in [-0.15, -0.1) is 11.3 Å². The third kappa shape index (κ3) is 2.64. The van der Waals surface area contributed by atoms with Crippen LogP contribution < -0.4 is 5.32 Å². The van der Waals surface area contributed by atoms with Gasteiger partial charge in [0.05, 0.1) is 5.01 Å². The lowest BCUT2D eigenvalue weighted by atomic mass is 9.92. The summed E-state index contributed by atoms with van der Waals surface area (Å²) >= 11 is 1.84. The molecule has 16 heavy (non-hydrogen) atoms. The first kappa shape index (κ1) is 12.1. The minimum Gasteiger partial charge on any atom is -0.311 e. The zero-order valence-electron chi connectivity index (χ0n) is 10.5. The molecule has 1 aliphatic carbocycles. The molecule has 0 aromatic carbocycles. The summed E-state index contributed by atoms with van der Waals surface area (Å²) in [7, 11) is 0. The molecule has 1 N–H and O–H groups in total. The summed E-state index contributed by atoms with van der Waals surface area (Å²) in [5.41, 5.74) is 0.609. The van der Waals surface area contributed by atoms with E-state index < -0.39 is 0 Å². The van der Waals surface area contributed by atoms with Gasteiger partial charge in [0.15, 0.2) is 0 Å². The number of hydrogen-bond acceptors (Lipinski definition) is 3. The summed E-state index contributed by atoms with van der Waals surface area (Å²) in [5.74, 6) is 0.813. The van der Waals surface area contributed by atoms with Crippen LogP contribution in [-0.4, -0.2) is 11.5 Å². The van der Waals surface area contributed by atoms with Crippen LogP contribution in [0.25, 0.3) is 0 Å². The maximum Gasteiger partial charge on any atom is 0.0925 e. The summed E-state index contributed by atoms with van der Waals surface area (Å²) < 4.78 is 0. The van der Waals surface area contributed by atoms with Gasteiger partial charge in [-0.2, -0.15) is 0 Å². The third-order valence-corrected chi connectivity index (χ3v) is 4.94. The standard InChI is InChI=1S/C13H22N2S/c1-4-12-15-8-11(16-12)7-14-9-13(5-6-13)10(2)3/h8,10,14H,4-7,9H2,1-3H3. The molecule has 0 unspecified atom stereocenters. The minimum absolute atomic E-state index is 0.609. The average Bonchev–Trinajstić information content (AvgIpc) is 2.91. The van der Waals surface area contributed by atoms with Gasteiger partial charge in [0.25, 0.3) is 0 Å². The Labute approximate surface area is 102 Å². The molecule has 1 fully saturated rings. The van der Waals surface area contributed by atoms with Gasteiger partial charge >= 0.3 is 0 Å². The van der Waals surface area contributed by atoms with E-state index in [1.807, 2.05) is 17.5 Å². The highest BCUT2D eigenvalue weighted by Crippen LogP contribution is 2.51. The van der Waals surface area contributed by atoms with Crippen molar-refractivity contribution in [3.05, 3.63) is 16.1 Å². The highest BCUT2D eigenvalue weighted by atomic mass is 32.1. The molecule has 0 amide bonds. The third-order valence-electron chi connectivity index (χ3n) is 3.80. The van der Waals surface area contributed by atoms with Crippen molar-refractivity contribution in [3.63, 3.8) is 0 Å². The van der Waals surface area contributed by atoms with E-state index in [2.05, 4.69) is 31.1 Å². The van der Waals surface area contributed by atoms with Gasteiger partial charge < -0.3 is 5.32 Å². The molecule has 1 aliphatic rings. The average molecular weight is 238 g/mol. The molecule has 2 rings (SSSR count). The molecule has 0 saturated heterocycles. The number of hydrogen-bond donors (Lipinski definition) is 1. The Kier molecular flexibility index (Phi) is 3.65. The Morgan fingerprint density at radius 1 is 1.50 bits per heavy atom. The van der Waals surface area contributed by atoms with Crippen LogP contribution in [0, 0.1) is 11.3 Å². The SMILES string of the molecule is CCc1ncc(CNCC2(C(C)C)CC2)s1. The van der Waals surface area contributed by atoms with Crippen molar-refractivity contribution in [2.45, 2.75) is 46.6 Å². The van der Waals surface area contributed by atoms with Crippen molar-refractivity contribution < 1.29 is 0 Å². The van der Waals surface area contributed by atoms with Crippen LogP contribution in [0.2, 0.25) is 0 Å². The van der Waals surface area contributed by atoms with E-state index >= 15 is 0 Å². The topological polar surface area (TPSA) is 24.9 Å². The predicted octanol–water partition coefficient (Wildman–Crippen LogP) is 3.23. The molecule has 2 nitrogen and oxygen atoms in total. The van der Waals surface area contributed by atoms with Gasteiger partial charge in [0.1, 0.15) is 0 Å². The molecule has 0 aliphatic heterocycles. The summed E-state index contributed by atoms with van der Waals surface area (Å²) in [4.78, 5) is 5.75. The van der Waals surface area contributed by atoms with E-state index in [-0.39, 0.29) is 0 Å². The second kappa shape index (κ2) is 4.84. The lowest BCUT2D eigenvalue weighted by molar-refractivity contribution is 0.338. The number of aromatic nitrogens is 1. The second-order valence-corrected chi connectivity index (χ2v) is 6.39. The first-order chi connectivity index (χ1) is 7.66. The Bertz CT molecular complexity index is 339.